The van der Waals surface area contributed by atoms with Crippen LogP contribution in [0.4, 0.5) is 5.69 Å². The van der Waals surface area contributed by atoms with E-state index in [1.54, 1.807) is 18.2 Å². The maximum Gasteiger partial charge on any atom is 0.0687 e. The van der Waals surface area contributed by atoms with Crippen molar-refractivity contribution in [1.82, 2.24) is 0 Å². The van der Waals surface area contributed by atoms with E-state index in [0.29, 0.717) is 11.3 Å². The molecule has 1 aliphatic heterocycles. The number of benzene rings is 2. The highest BCUT2D eigenvalue weighted by Crippen LogP contribution is 2.42. The fourth-order valence-corrected chi connectivity index (χ4v) is 2.98. The fourth-order valence-electron chi connectivity index (χ4n) is 2.71. The quantitative estimate of drug-likeness (QED) is 0.816. The summed E-state index contributed by atoms with van der Waals surface area (Å²) in [6, 6.07) is 7.09. The molecule has 1 heterocycles. The number of anilines is 1. The molecule has 0 saturated heterocycles. The lowest BCUT2D eigenvalue weighted by Gasteiger charge is -2.18. The Morgan fingerprint density at radius 3 is 3.00 bits per heavy atom. The van der Waals surface area contributed by atoms with Crippen molar-refractivity contribution in [2.75, 3.05) is 17.7 Å². The molecule has 0 bridgehead atoms. The van der Waals surface area contributed by atoms with Gasteiger partial charge in [-0.1, -0.05) is 23.9 Å². The number of fused-ring (bicyclic) bond motifs is 3. The van der Waals surface area contributed by atoms with E-state index in [0.717, 1.165) is 28.7 Å². The van der Waals surface area contributed by atoms with Crippen molar-refractivity contribution in [3.63, 3.8) is 0 Å². The summed E-state index contributed by atoms with van der Waals surface area (Å²) in [6.45, 7) is 0.680. The smallest absolute Gasteiger partial charge is 0.0687 e. The van der Waals surface area contributed by atoms with Gasteiger partial charge in [0, 0.05) is 24.0 Å². The number of hydrogen-bond donors (Lipinski definition) is 2. The number of aliphatic hydroxyl groups is 1. The molecular weight excluding hydrogens is 250 g/mol. The summed E-state index contributed by atoms with van der Waals surface area (Å²) in [4.78, 5) is 0. The van der Waals surface area contributed by atoms with Crippen LogP contribution in [0.5, 0.6) is 5.75 Å². The van der Waals surface area contributed by atoms with Crippen molar-refractivity contribution in [2.45, 2.75) is 12.5 Å². The molecule has 4 heteroatoms. The monoisotopic (exact) mass is 262 g/mol. The van der Waals surface area contributed by atoms with Gasteiger partial charge in [-0.3, -0.25) is 0 Å². The standard InChI is InChI=1S/C14H14ClNO2/c15-5-9-6-16-11-4-12(18)10-3-1-2-8(7-17)13(10)14(9)11/h1-4,9,16-18H,5-7H2/p-1/t9-/m1/s1. The third kappa shape index (κ3) is 1.55. The Balaban J connectivity index is 2.41. The summed E-state index contributed by atoms with van der Waals surface area (Å²) in [5, 5.41) is 26.3. The molecule has 3 rings (SSSR count). The maximum absolute atomic E-state index is 12.0. The molecule has 0 aliphatic carbocycles. The van der Waals surface area contributed by atoms with Crippen molar-refractivity contribution in [1.29, 1.82) is 0 Å². The molecular formula is C14H13ClNO2-. The van der Waals surface area contributed by atoms with Gasteiger partial charge in [-0.15, -0.1) is 11.6 Å². The summed E-state index contributed by atoms with van der Waals surface area (Å²) in [5.74, 6) is 0.687. The van der Waals surface area contributed by atoms with Crippen LogP contribution in [0.1, 0.15) is 17.0 Å². The van der Waals surface area contributed by atoms with Crippen LogP contribution in [0.15, 0.2) is 24.3 Å². The Hall–Kier alpha value is -1.45. The number of halogens is 1. The Morgan fingerprint density at radius 2 is 2.28 bits per heavy atom. The first-order valence-electron chi connectivity index (χ1n) is 5.92. The normalized spacial score (nSPS) is 17.8. The van der Waals surface area contributed by atoms with Crippen molar-refractivity contribution >= 4 is 28.1 Å². The first kappa shape index (κ1) is 11.6. The molecule has 0 aromatic heterocycles. The van der Waals surface area contributed by atoms with Crippen molar-refractivity contribution < 1.29 is 10.2 Å². The number of hydrogen-bond acceptors (Lipinski definition) is 3. The van der Waals surface area contributed by atoms with E-state index in [1.807, 2.05) is 6.07 Å². The predicted molar refractivity (Wildman–Crippen MR) is 71.3 cm³/mol. The van der Waals surface area contributed by atoms with E-state index in [2.05, 4.69) is 5.32 Å². The summed E-state index contributed by atoms with van der Waals surface area (Å²) in [6.07, 6.45) is 0. The molecule has 2 aromatic carbocycles. The molecule has 1 atom stereocenters. The van der Waals surface area contributed by atoms with E-state index >= 15 is 0 Å². The minimum absolute atomic E-state index is 0.0122. The average molecular weight is 263 g/mol. The Bertz CT molecular complexity index is 612. The predicted octanol–water partition coefficient (Wildman–Crippen LogP) is 2.15. The van der Waals surface area contributed by atoms with E-state index in [9.17, 15) is 10.2 Å². The van der Waals surface area contributed by atoms with Crippen LogP contribution < -0.4 is 10.4 Å². The van der Waals surface area contributed by atoms with Gasteiger partial charge in [-0.2, -0.15) is 0 Å². The average Bonchev–Trinajstić information content (AvgIpc) is 2.81. The zero-order valence-electron chi connectivity index (χ0n) is 9.74. The van der Waals surface area contributed by atoms with Crippen LogP contribution in [0, 0.1) is 0 Å². The van der Waals surface area contributed by atoms with Gasteiger partial charge in [-0.25, -0.2) is 0 Å². The molecule has 0 saturated carbocycles. The molecule has 3 nitrogen and oxygen atoms in total. The molecule has 94 valence electrons. The number of alkyl halides is 1. The largest absolute Gasteiger partial charge is 0.872 e. The topological polar surface area (TPSA) is 55.3 Å². The number of aliphatic hydroxyl groups excluding tert-OH is 1. The van der Waals surface area contributed by atoms with Gasteiger partial charge in [0.05, 0.1) is 6.61 Å². The van der Waals surface area contributed by atoms with E-state index in [-0.39, 0.29) is 18.3 Å². The van der Waals surface area contributed by atoms with Gasteiger partial charge in [0.1, 0.15) is 0 Å². The van der Waals surface area contributed by atoms with Crippen molar-refractivity contribution in [3.05, 3.63) is 35.4 Å². The van der Waals surface area contributed by atoms with Gasteiger partial charge in [0.15, 0.2) is 0 Å². The highest BCUT2D eigenvalue weighted by Gasteiger charge is 2.25. The van der Waals surface area contributed by atoms with Crippen LogP contribution in [0.3, 0.4) is 0 Å². The zero-order chi connectivity index (χ0) is 12.7. The van der Waals surface area contributed by atoms with E-state index in [1.165, 1.54) is 0 Å². The Kier molecular flexibility index (Phi) is 2.80. The van der Waals surface area contributed by atoms with Gasteiger partial charge >= 0.3 is 0 Å². The summed E-state index contributed by atoms with van der Waals surface area (Å²) in [7, 11) is 0. The molecule has 0 fully saturated rings. The second-order valence-corrected chi connectivity index (χ2v) is 4.87. The van der Waals surface area contributed by atoms with Crippen molar-refractivity contribution in [3.8, 4) is 5.75 Å². The first-order valence-corrected chi connectivity index (χ1v) is 6.46. The third-order valence-corrected chi connectivity index (χ3v) is 3.93. The van der Waals surface area contributed by atoms with Crippen molar-refractivity contribution in [2.24, 2.45) is 0 Å². The lowest BCUT2D eigenvalue weighted by molar-refractivity contribution is -0.265. The molecule has 0 amide bonds. The molecule has 18 heavy (non-hydrogen) atoms. The van der Waals surface area contributed by atoms with Crippen LogP contribution >= 0.6 is 11.6 Å². The minimum atomic E-state index is -0.0672. The second-order valence-electron chi connectivity index (χ2n) is 4.57. The van der Waals surface area contributed by atoms with Gasteiger partial charge in [0.2, 0.25) is 0 Å². The fraction of sp³-hybridized carbons (Fsp3) is 0.286. The van der Waals surface area contributed by atoms with Gasteiger partial charge < -0.3 is 15.5 Å². The molecule has 0 unspecified atom stereocenters. The van der Waals surface area contributed by atoms with Crippen LogP contribution in [-0.2, 0) is 6.61 Å². The summed E-state index contributed by atoms with van der Waals surface area (Å²) in [5.41, 5.74) is 2.73. The minimum Gasteiger partial charge on any atom is -0.872 e. The Morgan fingerprint density at radius 1 is 1.44 bits per heavy atom. The zero-order valence-corrected chi connectivity index (χ0v) is 10.5. The summed E-state index contributed by atoms with van der Waals surface area (Å²) >= 11 is 5.99. The molecule has 1 aliphatic rings. The highest BCUT2D eigenvalue weighted by molar-refractivity contribution is 6.18. The second kappa shape index (κ2) is 4.34. The maximum atomic E-state index is 12.0. The first-order chi connectivity index (χ1) is 8.76. The molecule has 2 N–H and O–H groups in total. The molecule has 0 radical (unpaired) electrons. The van der Waals surface area contributed by atoms with Crippen LogP contribution in [0.25, 0.3) is 10.8 Å². The van der Waals surface area contributed by atoms with Gasteiger partial charge in [-0.05, 0) is 28.0 Å². The molecule has 2 aromatic rings. The Labute approximate surface area is 110 Å². The van der Waals surface area contributed by atoms with Gasteiger partial charge in [0.25, 0.3) is 0 Å². The SMILES string of the molecule is [O-]c1cc2c(c3c(CO)cccc13)[C@H](CCl)CN2. The number of nitrogens with one attached hydrogen (secondary N) is 1. The van der Waals surface area contributed by atoms with E-state index < -0.39 is 0 Å². The van der Waals surface area contributed by atoms with Crippen LogP contribution in [-0.4, -0.2) is 17.5 Å². The highest BCUT2D eigenvalue weighted by atomic mass is 35.5. The summed E-state index contributed by atoms with van der Waals surface area (Å²) < 4.78 is 0. The number of rotatable bonds is 2. The van der Waals surface area contributed by atoms with E-state index in [4.69, 9.17) is 11.6 Å². The lowest BCUT2D eigenvalue weighted by Crippen LogP contribution is -2.04. The third-order valence-electron chi connectivity index (χ3n) is 3.55. The van der Waals surface area contributed by atoms with Crippen LogP contribution in [0.2, 0.25) is 0 Å². The lowest BCUT2D eigenvalue weighted by atomic mass is 9.92. The molecule has 0 spiro atoms.